The van der Waals surface area contributed by atoms with Gasteiger partial charge in [-0.2, -0.15) is 0 Å². The number of carbonyl (C=O) groups excluding carboxylic acids is 2. The molecule has 3 aromatic carbocycles. The van der Waals surface area contributed by atoms with Crippen molar-refractivity contribution >= 4 is 27.7 Å². The highest BCUT2D eigenvalue weighted by Crippen LogP contribution is 2.31. The predicted octanol–water partition coefficient (Wildman–Crippen LogP) is 6.43. The highest BCUT2D eigenvalue weighted by atomic mass is 79.9. The number of amides is 2. The molecule has 0 saturated heterocycles. The highest BCUT2D eigenvalue weighted by Gasteiger charge is 2.30. The average molecular weight is 584 g/mol. The molecule has 2 amide bonds. The lowest BCUT2D eigenvalue weighted by atomic mass is 9.87. The summed E-state index contributed by atoms with van der Waals surface area (Å²) in [6.45, 7) is 8.76. The summed E-state index contributed by atoms with van der Waals surface area (Å²) in [5, 5.41) is 2.95. The number of halogens is 2. The van der Waals surface area contributed by atoms with Crippen LogP contribution < -0.4 is 10.1 Å². The molecular formula is C31H36BrFN2O3. The molecule has 0 bridgehead atoms. The third-order valence-electron chi connectivity index (χ3n) is 6.24. The Kier molecular flexibility index (Phi) is 10.5. The lowest BCUT2D eigenvalue weighted by molar-refractivity contribution is -0.142. The topological polar surface area (TPSA) is 58.6 Å². The lowest BCUT2D eigenvalue weighted by Crippen LogP contribution is -2.51. The smallest absolute Gasteiger partial charge is 0.261 e. The van der Waals surface area contributed by atoms with E-state index in [1.165, 1.54) is 17.0 Å². The number of hydrogen-bond acceptors (Lipinski definition) is 3. The summed E-state index contributed by atoms with van der Waals surface area (Å²) < 4.78 is 20.3. The third kappa shape index (κ3) is 8.42. The van der Waals surface area contributed by atoms with Gasteiger partial charge in [-0.15, -0.1) is 0 Å². The molecular weight excluding hydrogens is 547 g/mol. The molecule has 0 heterocycles. The fourth-order valence-corrected chi connectivity index (χ4v) is 4.51. The Morgan fingerprint density at radius 2 is 1.68 bits per heavy atom. The first kappa shape index (κ1) is 29.4. The van der Waals surface area contributed by atoms with Crippen LogP contribution in [0.15, 0.2) is 77.3 Å². The molecule has 5 nitrogen and oxygen atoms in total. The monoisotopic (exact) mass is 582 g/mol. The van der Waals surface area contributed by atoms with Gasteiger partial charge in [-0.1, -0.05) is 76.2 Å². The summed E-state index contributed by atoms with van der Waals surface area (Å²) in [6, 6.07) is 20.6. The second-order valence-corrected chi connectivity index (χ2v) is 11.2. The van der Waals surface area contributed by atoms with Crippen molar-refractivity contribution in [2.24, 2.45) is 0 Å². The molecule has 1 atom stereocenters. The van der Waals surface area contributed by atoms with Crippen LogP contribution in [0.25, 0.3) is 0 Å². The maximum atomic E-state index is 13.7. The first-order valence-corrected chi connectivity index (χ1v) is 13.7. The molecule has 3 aromatic rings. The summed E-state index contributed by atoms with van der Waals surface area (Å²) in [4.78, 5) is 28.5. The van der Waals surface area contributed by atoms with Gasteiger partial charge in [0.15, 0.2) is 6.61 Å². The van der Waals surface area contributed by atoms with E-state index in [-0.39, 0.29) is 36.2 Å². The maximum Gasteiger partial charge on any atom is 0.261 e. The van der Waals surface area contributed by atoms with Crippen molar-refractivity contribution in [1.82, 2.24) is 10.2 Å². The van der Waals surface area contributed by atoms with E-state index in [0.717, 1.165) is 27.6 Å². The van der Waals surface area contributed by atoms with Crippen LogP contribution in [0.1, 0.15) is 50.8 Å². The van der Waals surface area contributed by atoms with Crippen molar-refractivity contribution < 1.29 is 18.7 Å². The minimum absolute atomic E-state index is 0.0284. The van der Waals surface area contributed by atoms with E-state index in [9.17, 15) is 14.0 Å². The third-order valence-corrected chi connectivity index (χ3v) is 6.86. The summed E-state index contributed by atoms with van der Waals surface area (Å²) >= 11 is 3.56. The van der Waals surface area contributed by atoms with Crippen LogP contribution in [0.5, 0.6) is 5.75 Å². The Balaban J connectivity index is 1.89. The Morgan fingerprint density at radius 3 is 2.29 bits per heavy atom. The molecule has 0 saturated carbocycles. The minimum atomic E-state index is -0.767. The second-order valence-electron chi connectivity index (χ2n) is 10.3. The van der Waals surface area contributed by atoms with Crippen molar-refractivity contribution in [3.63, 3.8) is 0 Å². The Bertz CT molecular complexity index is 1210. The molecule has 1 N–H and O–H groups in total. The van der Waals surface area contributed by atoms with Crippen molar-refractivity contribution in [3.05, 3.63) is 99.8 Å². The summed E-state index contributed by atoms with van der Waals surface area (Å²) in [5.74, 6) is -0.390. The van der Waals surface area contributed by atoms with Gasteiger partial charge in [0.25, 0.3) is 5.91 Å². The molecule has 0 aliphatic rings. The fraction of sp³-hybridized carbons (Fsp3) is 0.355. The van der Waals surface area contributed by atoms with E-state index in [1.807, 2.05) is 55.5 Å². The van der Waals surface area contributed by atoms with Crippen molar-refractivity contribution in [1.29, 1.82) is 0 Å². The van der Waals surface area contributed by atoms with Gasteiger partial charge in [0.2, 0.25) is 5.91 Å². The number of rotatable bonds is 11. The molecule has 7 heteroatoms. The largest absolute Gasteiger partial charge is 0.483 e. The van der Waals surface area contributed by atoms with Gasteiger partial charge >= 0.3 is 0 Å². The van der Waals surface area contributed by atoms with Crippen LogP contribution in [-0.2, 0) is 28.0 Å². The summed E-state index contributed by atoms with van der Waals surface area (Å²) in [5.41, 5.74) is 2.76. The van der Waals surface area contributed by atoms with Gasteiger partial charge in [0.1, 0.15) is 17.6 Å². The van der Waals surface area contributed by atoms with E-state index < -0.39 is 6.04 Å². The molecule has 0 radical (unpaired) electrons. The van der Waals surface area contributed by atoms with Crippen LogP contribution in [0.4, 0.5) is 4.39 Å². The van der Waals surface area contributed by atoms with Crippen molar-refractivity contribution in [3.8, 4) is 5.75 Å². The van der Waals surface area contributed by atoms with Crippen molar-refractivity contribution in [2.45, 2.75) is 58.5 Å². The van der Waals surface area contributed by atoms with Gasteiger partial charge < -0.3 is 15.0 Å². The summed E-state index contributed by atoms with van der Waals surface area (Å²) in [7, 11) is 0. The van der Waals surface area contributed by atoms with Gasteiger partial charge in [-0.25, -0.2) is 4.39 Å². The number of ether oxygens (including phenoxy) is 1. The van der Waals surface area contributed by atoms with Crippen LogP contribution in [-0.4, -0.2) is 35.9 Å². The minimum Gasteiger partial charge on any atom is -0.483 e. The standard InChI is InChI=1S/C31H36BrFN2O3/c1-5-17-34-30(37)27(18-22-9-7-6-8-10-22)35(20-23-11-14-25(33)15-12-23)29(36)21-38-28-16-13-24(19-26(28)32)31(2,3)4/h6-16,19,27H,5,17-18,20-21H2,1-4H3,(H,34,37). The Labute approximate surface area is 233 Å². The van der Waals surface area contributed by atoms with E-state index in [2.05, 4.69) is 42.0 Å². The van der Waals surface area contributed by atoms with Crippen LogP contribution in [0.2, 0.25) is 0 Å². The van der Waals surface area contributed by atoms with Crippen LogP contribution in [0, 0.1) is 5.82 Å². The first-order chi connectivity index (χ1) is 18.1. The van der Waals surface area contributed by atoms with Gasteiger partial charge in [-0.05, 0) is 68.7 Å². The molecule has 0 aromatic heterocycles. The molecule has 1 unspecified atom stereocenters. The zero-order valence-corrected chi connectivity index (χ0v) is 24.1. The van der Waals surface area contributed by atoms with E-state index in [4.69, 9.17) is 4.74 Å². The second kappa shape index (κ2) is 13.6. The number of benzene rings is 3. The van der Waals surface area contributed by atoms with E-state index >= 15 is 0 Å². The highest BCUT2D eigenvalue weighted by molar-refractivity contribution is 9.10. The maximum absolute atomic E-state index is 13.7. The molecule has 3 rings (SSSR count). The van der Waals surface area contributed by atoms with E-state index in [0.29, 0.717) is 18.7 Å². The van der Waals surface area contributed by atoms with Crippen molar-refractivity contribution in [2.75, 3.05) is 13.2 Å². The number of hydrogen-bond donors (Lipinski definition) is 1. The van der Waals surface area contributed by atoms with Crippen LogP contribution in [0.3, 0.4) is 0 Å². The SMILES string of the molecule is CCCNC(=O)C(Cc1ccccc1)N(Cc1ccc(F)cc1)C(=O)COc1ccc(C(C)(C)C)cc1Br. The summed E-state index contributed by atoms with van der Waals surface area (Å²) in [6.07, 6.45) is 1.12. The molecule has 38 heavy (non-hydrogen) atoms. The number of nitrogens with zero attached hydrogens (tertiary/aromatic N) is 1. The zero-order chi connectivity index (χ0) is 27.7. The van der Waals surface area contributed by atoms with Gasteiger partial charge in [0.05, 0.1) is 4.47 Å². The molecule has 0 aliphatic carbocycles. The molecule has 0 spiro atoms. The number of nitrogens with one attached hydrogen (secondary N) is 1. The molecule has 202 valence electrons. The average Bonchev–Trinajstić information content (AvgIpc) is 2.89. The lowest BCUT2D eigenvalue weighted by Gasteiger charge is -2.31. The Hall–Kier alpha value is -3.19. The quantitative estimate of drug-likeness (QED) is 0.283. The predicted molar refractivity (Wildman–Crippen MR) is 153 cm³/mol. The fourth-order valence-electron chi connectivity index (χ4n) is 4.01. The van der Waals surface area contributed by atoms with Crippen LogP contribution >= 0.6 is 15.9 Å². The zero-order valence-electron chi connectivity index (χ0n) is 22.5. The number of carbonyl (C=O) groups is 2. The first-order valence-electron chi connectivity index (χ1n) is 12.9. The molecule has 0 fully saturated rings. The van der Waals surface area contributed by atoms with Gasteiger partial charge in [0, 0.05) is 19.5 Å². The normalized spacial score (nSPS) is 12.1. The van der Waals surface area contributed by atoms with Gasteiger partial charge in [-0.3, -0.25) is 9.59 Å². The van der Waals surface area contributed by atoms with E-state index in [1.54, 1.807) is 12.1 Å². The Morgan fingerprint density at radius 1 is 1.00 bits per heavy atom. The molecule has 0 aliphatic heterocycles.